The molecule has 1 aromatic carbocycles. The molecule has 140 valence electrons. The minimum atomic E-state index is -0.989. The van der Waals surface area contributed by atoms with Gasteiger partial charge in [0, 0.05) is 11.1 Å². The molecule has 0 unspecified atom stereocenters. The Hall–Kier alpha value is -2.94. The Morgan fingerprint density at radius 3 is 2.67 bits per heavy atom. The van der Waals surface area contributed by atoms with Crippen LogP contribution in [0.25, 0.3) is 10.9 Å². The summed E-state index contributed by atoms with van der Waals surface area (Å²) in [6, 6.07) is 11.2. The van der Waals surface area contributed by atoms with E-state index in [1.807, 2.05) is 18.2 Å². The van der Waals surface area contributed by atoms with E-state index in [1.165, 1.54) is 6.92 Å². The zero-order valence-electron chi connectivity index (χ0n) is 15.6. The van der Waals surface area contributed by atoms with E-state index in [1.54, 1.807) is 19.1 Å². The summed E-state index contributed by atoms with van der Waals surface area (Å²) < 4.78 is 5.40. The molecule has 1 N–H and O–H groups in total. The van der Waals surface area contributed by atoms with E-state index in [4.69, 9.17) is 4.74 Å². The summed E-state index contributed by atoms with van der Waals surface area (Å²) in [5.74, 6) is -1.02. The number of hydrogen-bond acceptors (Lipinski definition) is 5. The molecular formula is C21H23N3O3. The molecule has 2 aromatic rings. The van der Waals surface area contributed by atoms with E-state index < -0.39 is 23.5 Å². The highest BCUT2D eigenvalue weighted by molar-refractivity contribution is 6.04. The smallest absolute Gasteiger partial charge is 0.339 e. The van der Waals surface area contributed by atoms with E-state index in [9.17, 15) is 14.9 Å². The van der Waals surface area contributed by atoms with Crippen LogP contribution in [0.5, 0.6) is 0 Å². The number of carbonyl (C=O) groups is 2. The van der Waals surface area contributed by atoms with Gasteiger partial charge in [-0.1, -0.05) is 37.5 Å². The summed E-state index contributed by atoms with van der Waals surface area (Å²) in [5.41, 5.74) is 0.927. The van der Waals surface area contributed by atoms with Crippen LogP contribution in [-0.4, -0.2) is 28.5 Å². The fraction of sp³-hybridized carbons (Fsp3) is 0.429. The third-order valence-corrected chi connectivity index (χ3v) is 5.00. The SMILES string of the molecule is Cc1cc(C(=O)O[C@H](C)C(=O)NC2(C#N)CCCCC2)c2ccccc2n1. The molecule has 1 aliphatic carbocycles. The van der Waals surface area contributed by atoms with E-state index in [2.05, 4.69) is 16.4 Å². The molecule has 1 saturated carbocycles. The van der Waals surface area contributed by atoms with Crippen molar-refractivity contribution in [2.75, 3.05) is 0 Å². The van der Waals surface area contributed by atoms with Crippen LogP contribution < -0.4 is 5.32 Å². The number of ether oxygens (including phenoxy) is 1. The maximum absolute atomic E-state index is 12.7. The molecule has 6 nitrogen and oxygen atoms in total. The lowest BCUT2D eigenvalue weighted by atomic mass is 9.83. The van der Waals surface area contributed by atoms with Crippen molar-refractivity contribution in [1.29, 1.82) is 5.26 Å². The zero-order chi connectivity index (χ0) is 19.4. The molecule has 0 bridgehead atoms. The number of amides is 1. The quantitative estimate of drug-likeness (QED) is 0.838. The topological polar surface area (TPSA) is 92.1 Å². The van der Waals surface area contributed by atoms with Crippen molar-refractivity contribution in [3.63, 3.8) is 0 Å². The number of nitrogens with zero attached hydrogens (tertiary/aromatic N) is 2. The van der Waals surface area contributed by atoms with Gasteiger partial charge in [-0.05, 0) is 38.8 Å². The van der Waals surface area contributed by atoms with Crippen LogP contribution in [0.15, 0.2) is 30.3 Å². The maximum atomic E-state index is 12.7. The van der Waals surface area contributed by atoms with Gasteiger partial charge in [-0.15, -0.1) is 0 Å². The lowest BCUT2D eigenvalue weighted by Gasteiger charge is -2.32. The standard InChI is InChI=1S/C21H23N3O3/c1-14-12-17(16-8-4-5-9-18(16)23-14)20(26)27-15(2)19(25)24-21(13-22)10-6-3-7-11-21/h4-5,8-9,12,15H,3,6-7,10-11H2,1-2H3,(H,24,25)/t15-/m1/s1. The normalized spacial score (nSPS) is 16.9. The predicted molar refractivity (Wildman–Crippen MR) is 101 cm³/mol. The Bertz CT molecular complexity index is 911. The first kappa shape index (κ1) is 18.8. The van der Waals surface area contributed by atoms with Gasteiger partial charge in [-0.25, -0.2) is 4.79 Å². The second-order valence-electron chi connectivity index (χ2n) is 7.12. The highest BCUT2D eigenvalue weighted by Crippen LogP contribution is 2.28. The third-order valence-electron chi connectivity index (χ3n) is 5.00. The van der Waals surface area contributed by atoms with Crippen molar-refractivity contribution in [3.8, 4) is 6.07 Å². The van der Waals surface area contributed by atoms with Gasteiger partial charge in [0.25, 0.3) is 5.91 Å². The van der Waals surface area contributed by atoms with Gasteiger partial charge in [0.2, 0.25) is 0 Å². The predicted octanol–water partition coefficient (Wildman–Crippen LogP) is 3.43. The molecule has 3 rings (SSSR count). The molecule has 1 atom stereocenters. The van der Waals surface area contributed by atoms with Crippen LogP contribution in [0.2, 0.25) is 0 Å². The Morgan fingerprint density at radius 1 is 1.26 bits per heavy atom. The van der Waals surface area contributed by atoms with Gasteiger partial charge >= 0.3 is 5.97 Å². The number of carbonyl (C=O) groups excluding carboxylic acids is 2. The zero-order valence-corrected chi connectivity index (χ0v) is 15.6. The van der Waals surface area contributed by atoms with Crippen molar-refractivity contribution in [2.24, 2.45) is 0 Å². The highest BCUT2D eigenvalue weighted by atomic mass is 16.5. The van der Waals surface area contributed by atoms with Crippen LogP contribution in [0.1, 0.15) is 55.1 Å². The number of aromatic nitrogens is 1. The van der Waals surface area contributed by atoms with Crippen molar-refractivity contribution in [3.05, 3.63) is 41.6 Å². The molecule has 1 amide bonds. The second-order valence-corrected chi connectivity index (χ2v) is 7.12. The molecule has 0 saturated heterocycles. The van der Waals surface area contributed by atoms with Gasteiger partial charge in [0.1, 0.15) is 5.54 Å². The van der Waals surface area contributed by atoms with Crippen molar-refractivity contribution >= 4 is 22.8 Å². The van der Waals surface area contributed by atoms with Gasteiger partial charge in [-0.2, -0.15) is 5.26 Å². The lowest BCUT2D eigenvalue weighted by molar-refractivity contribution is -0.130. The van der Waals surface area contributed by atoms with Gasteiger partial charge < -0.3 is 10.1 Å². The molecule has 1 aromatic heterocycles. The number of benzene rings is 1. The number of para-hydroxylation sites is 1. The van der Waals surface area contributed by atoms with Crippen LogP contribution >= 0.6 is 0 Å². The summed E-state index contributed by atoms with van der Waals surface area (Å²) in [7, 11) is 0. The highest BCUT2D eigenvalue weighted by Gasteiger charge is 2.35. The Morgan fingerprint density at radius 2 is 1.96 bits per heavy atom. The Kier molecular flexibility index (Phi) is 5.41. The summed E-state index contributed by atoms with van der Waals surface area (Å²) in [6.07, 6.45) is 3.15. The van der Waals surface area contributed by atoms with Crippen LogP contribution in [0.3, 0.4) is 0 Å². The fourth-order valence-corrected chi connectivity index (χ4v) is 3.51. The molecule has 0 aliphatic heterocycles. The molecule has 1 fully saturated rings. The molecule has 1 aliphatic rings. The van der Waals surface area contributed by atoms with Crippen LogP contribution in [0, 0.1) is 18.3 Å². The second kappa shape index (κ2) is 7.75. The average Bonchev–Trinajstić information content (AvgIpc) is 2.67. The van der Waals surface area contributed by atoms with E-state index in [0.717, 1.165) is 19.3 Å². The number of hydrogen-bond donors (Lipinski definition) is 1. The fourth-order valence-electron chi connectivity index (χ4n) is 3.51. The molecule has 0 radical (unpaired) electrons. The first-order valence-corrected chi connectivity index (χ1v) is 9.25. The number of aryl methyl sites for hydroxylation is 1. The third kappa shape index (κ3) is 4.08. The number of nitrogens with one attached hydrogen (secondary N) is 1. The summed E-state index contributed by atoms with van der Waals surface area (Å²) >= 11 is 0. The van der Waals surface area contributed by atoms with Crippen molar-refractivity contribution in [1.82, 2.24) is 10.3 Å². The molecule has 6 heteroatoms. The first-order valence-electron chi connectivity index (χ1n) is 9.25. The molecule has 1 heterocycles. The van der Waals surface area contributed by atoms with E-state index in [-0.39, 0.29) is 0 Å². The van der Waals surface area contributed by atoms with Gasteiger partial charge in [0.15, 0.2) is 6.10 Å². The summed E-state index contributed by atoms with van der Waals surface area (Å²) in [6.45, 7) is 3.33. The number of rotatable bonds is 4. The number of pyridine rings is 1. The molecule has 27 heavy (non-hydrogen) atoms. The van der Waals surface area contributed by atoms with Gasteiger partial charge in [0.05, 0.1) is 17.1 Å². The van der Waals surface area contributed by atoms with Crippen molar-refractivity contribution in [2.45, 2.75) is 57.6 Å². The average molecular weight is 365 g/mol. The largest absolute Gasteiger partial charge is 0.449 e. The monoisotopic (exact) mass is 365 g/mol. The summed E-state index contributed by atoms with van der Waals surface area (Å²) in [4.78, 5) is 29.6. The van der Waals surface area contributed by atoms with Gasteiger partial charge in [-0.3, -0.25) is 9.78 Å². The van der Waals surface area contributed by atoms with E-state index in [0.29, 0.717) is 35.0 Å². The number of esters is 1. The first-order chi connectivity index (χ1) is 12.9. The maximum Gasteiger partial charge on any atom is 0.339 e. The summed E-state index contributed by atoms with van der Waals surface area (Å²) in [5, 5.41) is 13.0. The number of fused-ring (bicyclic) bond motifs is 1. The number of nitriles is 1. The molecule has 0 spiro atoms. The van der Waals surface area contributed by atoms with E-state index >= 15 is 0 Å². The van der Waals surface area contributed by atoms with Crippen LogP contribution in [-0.2, 0) is 9.53 Å². The van der Waals surface area contributed by atoms with Crippen molar-refractivity contribution < 1.29 is 14.3 Å². The van der Waals surface area contributed by atoms with Crippen LogP contribution in [0.4, 0.5) is 0 Å². The Balaban J connectivity index is 1.74. The minimum Gasteiger partial charge on any atom is -0.449 e. The Labute approximate surface area is 158 Å². The molecular weight excluding hydrogens is 342 g/mol. The minimum absolute atomic E-state index is 0.380. The lowest BCUT2D eigenvalue weighted by Crippen LogP contribution is -2.52.